The molecule has 0 saturated heterocycles. The highest BCUT2D eigenvalue weighted by Crippen LogP contribution is 2.04. The smallest absolute Gasteiger partial charge is 0.00733 e. The Labute approximate surface area is 70.0 Å². The number of hydrogen-bond donors (Lipinski definition) is 1. The Bertz CT molecular complexity index is 107. The standard InChI is InChI=1S/C10H19N/c1-3-5-6-7-9-10(11)8-4-2/h3-4,10H,1-2,5-9,11H2/t10-/m0/s1. The largest absolute Gasteiger partial charge is 0.327 e. The first-order valence-electron chi connectivity index (χ1n) is 4.28. The lowest BCUT2D eigenvalue weighted by Gasteiger charge is -2.06. The van der Waals surface area contributed by atoms with Crippen LogP contribution < -0.4 is 5.73 Å². The van der Waals surface area contributed by atoms with Crippen molar-refractivity contribution in [1.82, 2.24) is 0 Å². The molecule has 0 aliphatic heterocycles. The fourth-order valence-electron chi connectivity index (χ4n) is 1.03. The van der Waals surface area contributed by atoms with Crippen molar-refractivity contribution in [1.29, 1.82) is 0 Å². The van der Waals surface area contributed by atoms with Gasteiger partial charge >= 0.3 is 0 Å². The van der Waals surface area contributed by atoms with Crippen molar-refractivity contribution in [3.8, 4) is 0 Å². The van der Waals surface area contributed by atoms with E-state index in [1.54, 1.807) is 0 Å². The highest BCUT2D eigenvalue weighted by Gasteiger charge is 1.97. The summed E-state index contributed by atoms with van der Waals surface area (Å²) in [5, 5.41) is 0. The summed E-state index contributed by atoms with van der Waals surface area (Å²) in [6.45, 7) is 7.32. The fraction of sp³-hybridized carbons (Fsp3) is 0.600. The van der Waals surface area contributed by atoms with Gasteiger partial charge < -0.3 is 5.73 Å². The lowest BCUT2D eigenvalue weighted by molar-refractivity contribution is 0.571. The lowest BCUT2D eigenvalue weighted by atomic mass is 10.1. The first-order chi connectivity index (χ1) is 5.31. The maximum Gasteiger partial charge on any atom is 0.00733 e. The molecule has 0 aromatic rings. The number of unbranched alkanes of at least 4 members (excludes halogenated alkanes) is 2. The third-order valence-electron chi connectivity index (χ3n) is 1.70. The predicted molar refractivity (Wildman–Crippen MR) is 51.5 cm³/mol. The quantitative estimate of drug-likeness (QED) is 0.441. The van der Waals surface area contributed by atoms with Crippen LogP contribution in [0.3, 0.4) is 0 Å². The van der Waals surface area contributed by atoms with Crippen LogP contribution in [0.5, 0.6) is 0 Å². The summed E-state index contributed by atoms with van der Waals surface area (Å²) in [5.74, 6) is 0. The van der Waals surface area contributed by atoms with E-state index < -0.39 is 0 Å². The second-order valence-electron chi connectivity index (χ2n) is 2.86. The molecule has 0 unspecified atom stereocenters. The van der Waals surface area contributed by atoms with E-state index in [4.69, 9.17) is 5.73 Å². The van der Waals surface area contributed by atoms with Crippen LogP contribution in [0.25, 0.3) is 0 Å². The van der Waals surface area contributed by atoms with E-state index in [2.05, 4.69) is 13.2 Å². The van der Waals surface area contributed by atoms with Crippen molar-refractivity contribution < 1.29 is 0 Å². The minimum Gasteiger partial charge on any atom is -0.327 e. The second kappa shape index (κ2) is 7.55. The van der Waals surface area contributed by atoms with Gasteiger partial charge in [-0.25, -0.2) is 0 Å². The molecule has 0 aliphatic rings. The van der Waals surface area contributed by atoms with Crippen LogP contribution in [-0.2, 0) is 0 Å². The van der Waals surface area contributed by atoms with Crippen LogP contribution in [0, 0.1) is 0 Å². The van der Waals surface area contributed by atoms with Gasteiger partial charge in [-0.3, -0.25) is 0 Å². The van der Waals surface area contributed by atoms with Crippen molar-refractivity contribution in [3.63, 3.8) is 0 Å². The maximum atomic E-state index is 5.77. The third-order valence-corrected chi connectivity index (χ3v) is 1.70. The Morgan fingerprint density at radius 1 is 1.18 bits per heavy atom. The summed E-state index contributed by atoms with van der Waals surface area (Å²) in [7, 11) is 0. The van der Waals surface area contributed by atoms with Gasteiger partial charge in [0.05, 0.1) is 0 Å². The average molecular weight is 153 g/mol. The molecule has 0 amide bonds. The van der Waals surface area contributed by atoms with E-state index in [-0.39, 0.29) is 0 Å². The van der Waals surface area contributed by atoms with Gasteiger partial charge in [-0.2, -0.15) is 0 Å². The lowest BCUT2D eigenvalue weighted by Crippen LogP contribution is -2.18. The molecule has 1 atom stereocenters. The minimum absolute atomic E-state index is 0.317. The van der Waals surface area contributed by atoms with Crippen molar-refractivity contribution in [2.24, 2.45) is 5.73 Å². The summed E-state index contributed by atoms with van der Waals surface area (Å²) in [4.78, 5) is 0. The highest BCUT2D eigenvalue weighted by atomic mass is 14.6. The monoisotopic (exact) mass is 153 g/mol. The first-order valence-corrected chi connectivity index (χ1v) is 4.28. The fourth-order valence-corrected chi connectivity index (χ4v) is 1.03. The van der Waals surface area contributed by atoms with Gasteiger partial charge in [-0.1, -0.05) is 18.6 Å². The Morgan fingerprint density at radius 2 is 1.91 bits per heavy atom. The molecule has 1 nitrogen and oxygen atoms in total. The topological polar surface area (TPSA) is 26.0 Å². The molecular formula is C10H19N. The molecule has 0 fully saturated rings. The van der Waals surface area contributed by atoms with Gasteiger partial charge in [-0.15, -0.1) is 13.2 Å². The van der Waals surface area contributed by atoms with Gasteiger partial charge in [0.25, 0.3) is 0 Å². The summed E-state index contributed by atoms with van der Waals surface area (Å²) in [6.07, 6.45) is 9.43. The van der Waals surface area contributed by atoms with E-state index >= 15 is 0 Å². The van der Waals surface area contributed by atoms with Gasteiger partial charge in [0.1, 0.15) is 0 Å². The molecule has 0 heterocycles. The number of rotatable bonds is 7. The molecule has 1 heteroatoms. The third kappa shape index (κ3) is 7.34. The van der Waals surface area contributed by atoms with Gasteiger partial charge in [0.2, 0.25) is 0 Å². The van der Waals surface area contributed by atoms with E-state index in [0.29, 0.717) is 6.04 Å². The molecule has 0 saturated carbocycles. The Kier molecular flexibility index (Phi) is 7.16. The molecular weight excluding hydrogens is 134 g/mol. The SMILES string of the molecule is C=CCCCC[C@@H](N)CC=C. The molecule has 0 aliphatic carbocycles. The molecule has 0 rings (SSSR count). The van der Waals surface area contributed by atoms with Crippen molar-refractivity contribution in [2.75, 3.05) is 0 Å². The van der Waals surface area contributed by atoms with Crippen molar-refractivity contribution in [2.45, 2.75) is 38.1 Å². The predicted octanol–water partition coefficient (Wildman–Crippen LogP) is 2.64. The van der Waals surface area contributed by atoms with Crippen LogP contribution in [0.1, 0.15) is 32.1 Å². The number of hydrogen-bond acceptors (Lipinski definition) is 1. The number of nitrogens with two attached hydrogens (primary N) is 1. The van der Waals surface area contributed by atoms with Crippen LogP contribution >= 0.6 is 0 Å². The van der Waals surface area contributed by atoms with E-state index in [1.807, 2.05) is 12.2 Å². The van der Waals surface area contributed by atoms with E-state index in [1.165, 1.54) is 12.8 Å². The second-order valence-corrected chi connectivity index (χ2v) is 2.86. The minimum atomic E-state index is 0.317. The molecule has 2 N–H and O–H groups in total. The normalized spacial score (nSPS) is 12.5. The van der Waals surface area contributed by atoms with E-state index in [9.17, 15) is 0 Å². The zero-order valence-corrected chi connectivity index (χ0v) is 7.26. The Balaban J connectivity index is 3.09. The van der Waals surface area contributed by atoms with Gasteiger partial charge in [-0.05, 0) is 25.7 Å². The van der Waals surface area contributed by atoms with Crippen LogP contribution in [-0.4, -0.2) is 6.04 Å². The number of allylic oxidation sites excluding steroid dienone is 1. The maximum absolute atomic E-state index is 5.77. The van der Waals surface area contributed by atoms with E-state index in [0.717, 1.165) is 19.3 Å². The van der Waals surface area contributed by atoms with Crippen LogP contribution in [0.15, 0.2) is 25.3 Å². The zero-order valence-electron chi connectivity index (χ0n) is 7.26. The molecule has 0 aromatic heterocycles. The summed E-state index contributed by atoms with van der Waals surface area (Å²) in [6, 6.07) is 0.317. The van der Waals surface area contributed by atoms with Gasteiger partial charge in [0.15, 0.2) is 0 Å². The first kappa shape index (κ1) is 10.4. The molecule has 64 valence electrons. The Morgan fingerprint density at radius 3 is 2.45 bits per heavy atom. The molecule has 11 heavy (non-hydrogen) atoms. The van der Waals surface area contributed by atoms with Crippen molar-refractivity contribution in [3.05, 3.63) is 25.3 Å². The Hall–Kier alpha value is -0.560. The summed E-state index contributed by atoms with van der Waals surface area (Å²) >= 11 is 0. The molecule has 0 bridgehead atoms. The molecule has 0 spiro atoms. The highest BCUT2D eigenvalue weighted by molar-refractivity contribution is 4.75. The summed E-state index contributed by atoms with van der Waals surface area (Å²) < 4.78 is 0. The molecule has 0 radical (unpaired) electrons. The average Bonchev–Trinajstić information content (AvgIpc) is 1.99. The zero-order chi connectivity index (χ0) is 8.53. The van der Waals surface area contributed by atoms with Crippen LogP contribution in [0.4, 0.5) is 0 Å². The van der Waals surface area contributed by atoms with Crippen molar-refractivity contribution >= 4 is 0 Å². The van der Waals surface area contributed by atoms with Crippen LogP contribution in [0.2, 0.25) is 0 Å². The molecule has 0 aromatic carbocycles. The van der Waals surface area contributed by atoms with Gasteiger partial charge in [0, 0.05) is 6.04 Å². The summed E-state index contributed by atoms with van der Waals surface area (Å²) in [5.41, 5.74) is 5.77.